The van der Waals surface area contributed by atoms with Crippen molar-refractivity contribution in [2.75, 3.05) is 5.32 Å². The van der Waals surface area contributed by atoms with E-state index >= 15 is 0 Å². The fourth-order valence-electron chi connectivity index (χ4n) is 3.71. The van der Waals surface area contributed by atoms with Crippen LogP contribution in [0.3, 0.4) is 0 Å². The standard InChI is InChI=1S/C26H22N6O2/c1-3-23(33)30-19-10-7-11-20(12-19)34-24-15-28-26-25(31-24)22(13-27-26)21-14-29-32(17(21)2)16-18-8-5-4-6-9-18/h3-15H,1,16H2,2H3,(H,27,28)(H,30,33). The monoisotopic (exact) mass is 450 g/mol. The summed E-state index contributed by atoms with van der Waals surface area (Å²) in [4.78, 5) is 23.9. The normalized spacial score (nSPS) is 10.9. The Labute approximate surface area is 196 Å². The number of nitrogens with one attached hydrogen (secondary N) is 2. The van der Waals surface area contributed by atoms with Crippen LogP contribution in [0.1, 0.15) is 11.3 Å². The number of H-pyrrole nitrogens is 1. The topological polar surface area (TPSA) is 97.7 Å². The zero-order valence-electron chi connectivity index (χ0n) is 18.5. The molecule has 0 bridgehead atoms. The summed E-state index contributed by atoms with van der Waals surface area (Å²) in [5.74, 6) is 0.577. The maximum Gasteiger partial charge on any atom is 0.247 e. The lowest BCUT2D eigenvalue weighted by Gasteiger charge is -2.08. The molecule has 1 amide bonds. The number of anilines is 1. The number of aromatic nitrogens is 5. The van der Waals surface area contributed by atoms with Crippen LogP contribution in [0.15, 0.2) is 85.8 Å². The quantitative estimate of drug-likeness (QED) is 0.337. The van der Waals surface area contributed by atoms with Crippen LogP contribution < -0.4 is 10.1 Å². The third-order valence-electron chi connectivity index (χ3n) is 5.44. The number of fused-ring (bicyclic) bond motifs is 1. The van der Waals surface area contributed by atoms with Gasteiger partial charge >= 0.3 is 0 Å². The molecule has 0 saturated carbocycles. The van der Waals surface area contributed by atoms with Crippen molar-refractivity contribution >= 4 is 22.8 Å². The van der Waals surface area contributed by atoms with Crippen LogP contribution in [0.4, 0.5) is 5.69 Å². The van der Waals surface area contributed by atoms with Crippen molar-refractivity contribution in [3.8, 4) is 22.8 Å². The Bertz CT molecular complexity index is 1490. The summed E-state index contributed by atoms with van der Waals surface area (Å²) < 4.78 is 7.90. The molecule has 5 aromatic rings. The Morgan fingerprint density at radius 1 is 1.15 bits per heavy atom. The first-order valence-corrected chi connectivity index (χ1v) is 10.7. The summed E-state index contributed by atoms with van der Waals surface area (Å²) in [6.45, 7) is 6.19. The number of nitrogens with zero attached hydrogens (tertiary/aromatic N) is 4. The van der Waals surface area contributed by atoms with E-state index in [-0.39, 0.29) is 5.91 Å². The largest absolute Gasteiger partial charge is 0.437 e. The van der Waals surface area contributed by atoms with Gasteiger partial charge in [-0.1, -0.05) is 43.0 Å². The van der Waals surface area contributed by atoms with Crippen LogP contribution in [-0.4, -0.2) is 30.6 Å². The number of carbonyl (C=O) groups is 1. The average molecular weight is 451 g/mol. The molecule has 0 aliphatic carbocycles. The molecule has 2 N–H and O–H groups in total. The molecule has 0 fully saturated rings. The molecule has 0 aliphatic rings. The van der Waals surface area contributed by atoms with Gasteiger partial charge in [-0.15, -0.1) is 0 Å². The van der Waals surface area contributed by atoms with Crippen LogP contribution in [0.2, 0.25) is 0 Å². The number of carbonyl (C=O) groups excluding carboxylic acids is 1. The summed E-state index contributed by atoms with van der Waals surface area (Å²) in [6.07, 6.45) is 6.51. The molecule has 0 aliphatic heterocycles. The van der Waals surface area contributed by atoms with Crippen molar-refractivity contribution in [1.29, 1.82) is 0 Å². The fourth-order valence-corrected chi connectivity index (χ4v) is 3.71. The molecule has 3 heterocycles. The van der Waals surface area contributed by atoms with Crippen molar-refractivity contribution in [3.05, 3.63) is 97.1 Å². The van der Waals surface area contributed by atoms with E-state index in [0.717, 1.165) is 16.8 Å². The predicted molar refractivity (Wildman–Crippen MR) is 131 cm³/mol. The number of rotatable bonds is 7. The minimum absolute atomic E-state index is 0.293. The number of hydrogen-bond donors (Lipinski definition) is 2. The minimum atomic E-state index is -0.293. The molecule has 0 saturated heterocycles. The SMILES string of the molecule is C=CC(=O)Nc1cccc(Oc2cnc3[nH]cc(-c4cnn(Cc5ccccc5)c4C)c3n2)c1. The lowest BCUT2D eigenvalue weighted by atomic mass is 10.1. The predicted octanol–water partition coefficient (Wildman–Crippen LogP) is 5.09. The van der Waals surface area contributed by atoms with Gasteiger partial charge in [0.2, 0.25) is 11.8 Å². The third-order valence-corrected chi connectivity index (χ3v) is 5.44. The van der Waals surface area contributed by atoms with Gasteiger partial charge in [-0.3, -0.25) is 9.48 Å². The van der Waals surface area contributed by atoms with Gasteiger partial charge in [0.25, 0.3) is 0 Å². The number of hydrogen-bond acceptors (Lipinski definition) is 5. The van der Waals surface area contributed by atoms with Crippen LogP contribution in [0.25, 0.3) is 22.3 Å². The van der Waals surface area contributed by atoms with E-state index in [2.05, 4.69) is 39.1 Å². The maximum absolute atomic E-state index is 11.6. The highest BCUT2D eigenvalue weighted by molar-refractivity contribution is 5.99. The number of ether oxygens (including phenoxy) is 1. The Morgan fingerprint density at radius 2 is 2.00 bits per heavy atom. The van der Waals surface area contributed by atoms with E-state index < -0.39 is 0 Å². The maximum atomic E-state index is 11.6. The van der Waals surface area contributed by atoms with Crippen LogP contribution >= 0.6 is 0 Å². The number of aromatic amines is 1. The molecule has 0 unspecified atom stereocenters. The molecular formula is C26H22N6O2. The highest BCUT2D eigenvalue weighted by atomic mass is 16.5. The van der Waals surface area contributed by atoms with Gasteiger partial charge in [0.05, 0.1) is 18.9 Å². The molecule has 2 aromatic carbocycles. The fraction of sp³-hybridized carbons (Fsp3) is 0.0769. The Morgan fingerprint density at radius 3 is 2.82 bits per heavy atom. The molecule has 0 radical (unpaired) electrons. The summed E-state index contributed by atoms with van der Waals surface area (Å²) in [5, 5.41) is 7.30. The van der Waals surface area contributed by atoms with Gasteiger partial charge in [-0.2, -0.15) is 5.10 Å². The van der Waals surface area contributed by atoms with E-state index in [0.29, 0.717) is 35.0 Å². The number of benzene rings is 2. The molecule has 168 valence electrons. The zero-order chi connectivity index (χ0) is 23.5. The summed E-state index contributed by atoms with van der Waals surface area (Å²) in [7, 11) is 0. The van der Waals surface area contributed by atoms with E-state index in [1.165, 1.54) is 11.6 Å². The first-order valence-electron chi connectivity index (χ1n) is 10.7. The molecule has 0 spiro atoms. The van der Waals surface area contributed by atoms with Crippen molar-refractivity contribution in [2.24, 2.45) is 0 Å². The number of amides is 1. The molecule has 3 aromatic heterocycles. The van der Waals surface area contributed by atoms with Gasteiger partial charge in [-0.05, 0) is 30.7 Å². The van der Waals surface area contributed by atoms with Gasteiger partial charge in [0, 0.05) is 34.8 Å². The van der Waals surface area contributed by atoms with E-state index in [1.54, 1.807) is 30.5 Å². The molecule has 34 heavy (non-hydrogen) atoms. The molecule has 0 atom stereocenters. The van der Waals surface area contributed by atoms with E-state index in [4.69, 9.17) is 9.72 Å². The minimum Gasteiger partial charge on any atom is -0.437 e. The third kappa shape index (κ3) is 4.29. The lowest BCUT2D eigenvalue weighted by molar-refractivity contribution is -0.111. The Hall–Kier alpha value is -4.72. The second-order valence-electron chi connectivity index (χ2n) is 7.72. The lowest BCUT2D eigenvalue weighted by Crippen LogP contribution is -2.07. The van der Waals surface area contributed by atoms with Crippen molar-refractivity contribution in [1.82, 2.24) is 24.7 Å². The highest BCUT2D eigenvalue weighted by Crippen LogP contribution is 2.31. The second kappa shape index (κ2) is 9.03. The van der Waals surface area contributed by atoms with Gasteiger partial charge in [0.15, 0.2) is 5.65 Å². The Balaban J connectivity index is 1.43. The van der Waals surface area contributed by atoms with Crippen LogP contribution in [0, 0.1) is 6.92 Å². The van der Waals surface area contributed by atoms with Crippen molar-refractivity contribution in [3.63, 3.8) is 0 Å². The van der Waals surface area contributed by atoms with Gasteiger partial charge in [0.1, 0.15) is 11.3 Å². The van der Waals surface area contributed by atoms with Crippen molar-refractivity contribution in [2.45, 2.75) is 13.5 Å². The summed E-state index contributed by atoms with van der Waals surface area (Å²) in [6, 6.07) is 17.3. The smallest absolute Gasteiger partial charge is 0.247 e. The first kappa shape index (κ1) is 21.1. The average Bonchev–Trinajstić information content (AvgIpc) is 3.42. The molecular weight excluding hydrogens is 428 g/mol. The molecule has 5 rings (SSSR count). The summed E-state index contributed by atoms with van der Waals surface area (Å²) in [5.41, 5.74) is 6.03. The van der Waals surface area contributed by atoms with E-state index in [1.807, 2.05) is 42.2 Å². The second-order valence-corrected chi connectivity index (χ2v) is 7.72. The first-order chi connectivity index (χ1) is 16.6. The summed E-state index contributed by atoms with van der Waals surface area (Å²) >= 11 is 0. The van der Waals surface area contributed by atoms with Gasteiger partial charge < -0.3 is 15.0 Å². The van der Waals surface area contributed by atoms with Gasteiger partial charge in [-0.25, -0.2) is 9.97 Å². The van der Waals surface area contributed by atoms with Crippen LogP contribution in [-0.2, 0) is 11.3 Å². The highest BCUT2D eigenvalue weighted by Gasteiger charge is 2.16. The Kier molecular flexibility index (Phi) is 5.61. The molecule has 8 nitrogen and oxygen atoms in total. The van der Waals surface area contributed by atoms with Crippen molar-refractivity contribution < 1.29 is 9.53 Å². The zero-order valence-corrected chi connectivity index (χ0v) is 18.5. The van der Waals surface area contributed by atoms with E-state index in [9.17, 15) is 4.79 Å². The molecule has 8 heteroatoms. The van der Waals surface area contributed by atoms with Crippen LogP contribution in [0.5, 0.6) is 11.6 Å².